The van der Waals surface area contributed by atoms with E-state index in [-0.39, 0.29) is 17.5 Å². The molecule has 7 heteroatoms. The van der Waals surface area contributed by atoms with Gasteiger partial charge in [-0.15, -0.1) is 0 Å². The molecule has 1 N–H and O–H groups in total. The van der Waals surface area contributed by atoms with Gasteiger partial charge in [0.15, 0.2) is 5.70 Å². The maximum atomic E-state index is 12.2. The number of amides is 1. The molecule has 1 amide bonds. The van der Waals surface area contributed by atoms with Crippen LogP contribution in [0.15, 0.2) is 77.7 Å². The monoisotopic (exact) mass is 386 g/mol. The Morgan fingerprint density at radius 3 is 2.62 bits per heavy atom. The number of nitrogens with one attached hydrogen (secondary N) is 1. The molecule has 2 aromatic carbocycles. The molecule has 0 unspecified atom stereocenters. The Morgan fingerprint density at radius 1 is 1.14 bits per heavy atom. The van der Waals surface area contributed by atoms with Gasteiger partial charge < -0.3 is 10.1 Å². The molecular formula is C22H18N4O3. The highest BCUT2D eigenvalue weighted by Crippen LogP contribution is 2.20. The Kier molecular flexibility index (Phi) is 5.03. The van der Waals surface area contributed by atoms with Crippen molar-refractivity contribution in [2.75, 3.05) is 5.32 Å². The smallest absolute Gasteiger partial charge is 0.363 e. The number of aromatic nitrogens is 2. The average molecular weight is 386 g/mol. The van der Waals surface area contributed by atoms with E-state index in [4.69, 9.17) is 4.74 Å². The highest BCUT2D eigenvalue weighted by molar-refractivity contribution is 6.13. The molecule has 144 valence electrons. The minimum absolute atomic E-state index is 0.152. The highest BCUT2D eigenvalue weighted by Gasteiger charge is 2.24. The van der Waals surface area contributed by atoms with Crippen molar-refractivity contribution in [1.82, 2.24) is 9.78 Å². The molecule has 1 aromatic heterocycles. The zero-order valence-electron chi connectivity index (χ0n) is 15.7. The molecular weight excluding hydrogens is 368 g/mol. The van der Waals surface area contributed by atoms with Crippen molar-refractivity contribution in [3.8, 4) is 0 Å². The second-order valence-electron chi connectivity index (χ2n) is 6.55. The Balaban J connectivity index is 1.50. The maximum absolute atomic E-state index is 12.2. The fourth-order valence-electron chi connectivity index (χ4n) is 2.90. The van der Waals surface area contributed by atoms with Gasteiger partial charge in [-0.3, -0.25) is 9.48 Å². The second-order valence-corrected chi connectivity index (χ2v) is 6.55. The second kappa shape index (κ2) is 7.93. The van der Waals surface area contributed by atoms with Crippen LogP contribution >= 0.6 is 0 Å². The minimum atomic E-state index is -0.512. The van der Waals surface area contributed by atoms with Crippen LogP contribution in [-0.2, 0) is 20.9 Å². The first-order chi connectivity index (χ1) is 14.1. The van der Waals surface area contributed by atoms with Crippen LogP contribution in [0.2, 0.25) is 0 Å². The summed E-state index contributed by atoms with van der Waals surface area (Å²) >= 11 is 0. The van der Waals surface area contributed by atoms with Gasteiger partial charge in [-0.25, -0.2) is 9.79 Å². The fourth-order valence-corrected chi connectivity index (χ4v) is 2.90. The third-order valence-electron chi connectivity index (χ3n) is 4.22. The lowest BCUT2D eigenvalue weighted by molar-refractivity contribution is -0.129. The fraction of sp³-hybridized carbons (Fsp3) is 0.0909. The molecule has 0 saturated carbocycles. The Bertz CT molecular complexity index is 1110. The summed E-state index contributed by atoms with van der Waals surface area (Å²) in [5.41, 5.74) is 3.42. The van der Waals surface area contributed by atoms with Crippen molar-refractivity contribution in [3.05, 3.63) is 89.4 Å². The standard InChI is InChI=1S/C22H18N4O3/c1-15(27)24-19-9-7-18(8-10-19)21-25-20(22(28)29-21)11-17-12-23-26(14-17)13-16-5-3-2-4-6-16/h2-12,14H,13H2,1H3,(H,24,27)/b20-11-. The van der Waals surface area contributed by atoms with Crippen molar-refractivity contribution < 1.29 is 14.3 Å². The number of anilines is 1. The Morgan fingerprint density at radius 2 is 1.90 bits per heavy atom. The van der Waals surface area contributed by atoms with Gasteiger partial charge in [0, 0.05) is 29.9 Å². The van der Waals surface area contributed by atoms with Crippen molar-refractivity contribution in [2.45, 2.75) is 13.5 Å². The number of hydrogen-bond acceptors (Lipinski definition) is 5. The van der Waals surface area contributed by atoms with E-state index in [1.807, 2.05) is 36.5 Å². The summed E-state index contributed by atoms with van der Waals surface area (Å²) in [5.74, 6) is -0.436. The molecule has 0 fully saturated rings. The lowest BCUT2D eigenvalue weighted by Crippen LogP contribution is -2.07. The molecule has 2 heterocycles. The molecule has 3 aromatic rings. The average Bonchev–Trinajstić information content (AvgIpc) is 3.29. The first kappa shape index (κ1) is 18.4. The summed E-state index contributed by atoms with van der Waals surface area (Å²) in [6.07, 6.45) is 5.18. The van der Waals surface area contributed by atoms with Gasteiger partial charge in [0.25, 0.3) is 0 Å². The van der Waals surface area contributed by atoms with Gasteiger partial charge in [0.2, 0.25) is 11.8 Å². The quantitative estimate of drug-likeness (QED) is 0.539. The van der Waals surface area contributed by atoms with E-state index in [0.717, 1.165) is 11.1 Å². The van der Waals surface area contributed by atoms with Crippen molar-refractivity contribution in [3.63, 3.8) is 0 Å². The van der Waals surface area contributed by atoms with Crippen LogP contribution in [0.5, 0.6) is 0 Å². The molecule has 0 atom stereocenters. The van der Waals surface area contributed by atoms with Crippen LogP contribution in [-0.4, -0.2) is 27.6 Å². The summed E-state index contributed by atoms with van der Waals surface area (Å²) in [6, 6.07) is 16.9. The number of nitrogens with zero attached hydrogens (tertiary/aromatic N) is 3. The Hall–Kier alpha value is -4.00. The van der Waals surface area contributed by atoms with Crippen LogP contribution < -0.4 is 5.32 Å². The molecule has 0 radical (unpaired) electrons. The molecule has 0 aliphatic carbocycles. The van der Waals surface area contributed by atoms with E-state index in [9.17, 15) is 9.59 Å². The van der Waals surface area contributed by atoms with Crippen LogP contribution in [0.25, 0.3) is 6.08 Å². The lowest BCUT2D eigenvalue weighted by atomic mass is 10.2. The van der Waals surface area contributed by atoms with Gasteiger partial charge in [0.1, 0.15) is 0 Å². The Labute approximate surface area is 167 Å². The number of carbonyl (C=O) groups is 2. The van der Waals surface area contributed by atoms with Crippen LogP contribution in [0.4, 0.5) is 5.69 Å². The third kappa shape index (κ3) is 4.47. The van der Waals surface area contributed by atoms with E-state index in [1.54, 1.807) is 41.2 Å². The molecule has 0 bridgehead atoms. The van der Waals surface area contributed by atoms with E-state index >= 15 is 0 Å². The molecule has 1 aliphatic heterocycles. The zero-order valence-corrected chi connectivity index (χ0v) is 15.7. The number of benzene rings is 2. The van der Waals surface area contributed by atoms with E-state index in [2.05, 4.69) is 15.4 Å². The van der Waals surface area contributed by atoms with Crippen LogP contribution in [0, 0.1) is 0 Å². The van der Waals surface area contributed by atoms with Crippen LogP contribution in [0.3, 0.4) is 0 Å². The summed E-state index contributed by atoms with van der Waals surface area (Å²) < 4.78 is 7.08. The van der Waals surface area contributed by atoms with E-state index in [0.29, 0.717) is 17.8 Å². The highest BCUT2D eigenvalue weighted by atomic mass is 16.6. The predicted molar refractivity (Wildman–Crippen MR) is 109 cm³/mol. The van der Waals surface area contributed by atoms with Gasteiger partial charge in [-0.1, -0.05) is 30.3 Å². The summed E-state index contributed by atoms with van der Waals surface area (Å²) in [7, 11) is 0. The van der Waals surface area contributed by atoms with E-state index in [1.165, 1.54) is 6.92 Å². The SMILES string of the molecule is CC(=O)Nc1ccc(C2=N/C(=C\c3cnn(Cc4ccccc4)c3)C(=O)O2)cc1. The summed E-state index contributed by atoms with van der Waals surface area (Å²) in [4.78, 5) is 27.6. The molecule has 4 rings (SSSR count). The maximum Gasteiger partial charge on any atom is 0.363 e. The molecule has 7 nitrogen and oxygen atoms in total. The number of cyclic esters (lactones) is 1. The molecule has 0 saturated heterocycles. The zero-order chi connectivity index (χ0) is 20.2. The lowest BCUT2D eigenvalue weighted by Gasteiger charge is -2.03. The van der Waals surface area contributed by atoms with Crippen molar-refractivity contribution in [1.29, 1.82) is 0 Å². The molecule has 1 aliphatic rings. The number of aliphatic imine (C=N–C) groups is 1. The topological polar surface area (TPSA) is 85.6 Å². The van der Waals surface area contributed by atoms with Crippen LogP contribution in [0.1, 0.15) is 23.6 Å². The largest absolute Gasteiger partial charge is 0.402 e. The van der Waals surface area contributed by atoms with Gasteiger partial charge in [-0.2, -0.15) is 5.10 Å². The third-order valence-corrected chi connectivity index (χ3v) is 4.22. The van der Waals surface area contributed by atoms with Gasteiger partial charge >= 0.3 is 5.97 Å². The molecule has 29 heavy (non-hydrogen) atoms. The number of esters is 1. The van der Waals surface area contributed by atoms with E-state index < -0.39 is 5.97 Å². The molecule has 0 spiro atoms. The van der Waals surface area contributed by atoms with Crippen molar-refractivity contribution >= 4 is 29.5 Å². The summed E-state index contributed by atoms with van der Waals surface area (Å²) in [6.45, 7) is 2.08. The minimum Gasteiger partial charge on any atom is -0.402 e. The van der Waals surface area contributed by atoms with Crippen molar-refractivity contribution in [2.24, 2.45) is 4.99 Å². The van der Waals surface area contributed by atoms with Gasteiger partial charge in [-0.05, 0) is 35.9 Å². The predicted octanol–water partition coefficient (Wildman–Crippen LogP) is 3.23. The van der Waals surface area contributed by atoms with Gasteiger partial charge in [0.05, 0.1) is 12.7 Å². The first-order valence-corrected chi connectivity index (χ1v) is 9.04. The number of carbonyl (C=O) groups excluding carboxylic acids is 2. The first-order valence-electron chi connectivity index (χ1n) is 9.04. The number of rotatable bonds is 5. The normalized spacial score (nSPS) is 14.6. The number of ether oxygens (including phenoxy) is 1. The number of hydrogen-bond donors (Lipinski definition) is 1. The summed E-state index contributed by atoms with van der Waals surface area (Å²) in [5, 5.41) is 7.01.